The highest BCUT2D eigenvalue weighted by molar-refractivity contribution is 5.81. The molecule has 1 aliphatic rings. The number of hydrogen-bond donors (Lipinski definition) is 2. The van der Waals surface area contributed by atoms with E-state index in [0.717, 1.165) is 23.0 Å². The van der Waals surface area contributed by atoms with Crippen molar-refractivity contribution in [3.63, 3.8) is 0 Å². The smallest absolute Gasteiger partial charge is 0.330 e. The standard InChI is InChI=1S/C28H36O8/c1-3-34-27(31)14-13-25(29)26(30)18-24-17-23(35-28(36-24)21-7-5-4-6-8-21)15-16-33-19-20-9-11-22(32-2)12-10-20/h4-14,23-26,28-30H,3,15-19H2,1-2H3/b14-13+/t23-,24-,25-,26-,28-/m1/s1. The second-order valence-electron chi connectivity index (χ2n) is 8.59. The number of carbonyl (C=O) groups is 1. The summed E-state index contributed by atoms with van der Waals surface area (Å²) in [5.74, 6) is 0.237. The monoisotopic (exact) mass is 500 g/mol. The Bertz CT molecular complexity index is 930. The SMILES string of the molecule is CCOC(=O)/C=C/[C@@H](O)[C@H](O)C[C@H]1C[C@@H](CCOCc2ccc(OC)cc2)O[C@@H](c2ccccc2)O1. The topological polar surface area (TPSA) is 104 Å². The second kappa shape index (κ2) is 14.7. The van der Waals surface area contributed by atoms with E-state index in [4.69, 9.17) is 23.7 Å². The highest BCUT2D eigenvalue weighted by atomic mass is 16.7. The van der Waals surface area contributed by atoms with Gasteiger partial charge < -0.3 is 33.9 Å². The van der Waals surface area contributed by atoms with Crippen LogP contribution in [0.2, 0.25) is 0 Å². The number of benzene rings is 2. The molecule has 0 bridgehead atoms. The molecule has 0 radical (unpaired) electrons. The van der Waals surface area contributed by atoms with Crippen LogP contribution in [0.3, 0.4) is 0 Å². The number of methoxy groups -OCH3 is 1. The number of aliphatic hydroxyl groups is 2. The summed E-state index contributed by atoms with van der Waals surface area (Å²) in [5.41, 5.74) is 1.93. The van der Waals surface area contributed by atoms with Gasteiger partial charge in [-0.1, -0.05) is 42.5 Å². The quantitative estimate of drug-likeness (QED) is 0.244. The summed E-state index contributed by atoms with van der Waals surface area (Å²) in [5, 5.41) is 20.8. The van der Waals surface area contributed by atoms with E-state index in [1.807, 2.05) is 54.6 Å². The number of hydrogen-bond acceptors (Lipinski definition) is 8. The van der Waals surface area contributed by atoms with Crippen molar-refractivity contribution in [1.29, 1.82) is 0 Å². The molecule has 36 heavy (non-hydrogen) atoms. The van der Waals surface area contributed by atoms with Gasteiger partial charge in [0.15, 0.2) is 6.29 Å². The predicted octanol–water partition coefficient (Wildman–Crippen LogP) is 3.71. The van der Waals surface area contributed by atoms with Gasteiger partial charge in [0, 0.05) is 31.1 Å². The third-order valence-corrected chi connectivity index (χ3v) is 5.86. The Morgan fingerprint density at radius 2 is 1.81 bits per heavy atom. The Morgan fingerprint density at radius 1 is 1.08 bits per heavy atom. The molecule has 1 heterocycles. The number of esters is 1. The molecule has 1 aliphatic heterocycles. The average Bonchev–Trinajstić information content (AvgIpc) is 2.90. The Morgan fingerprint density at radius 3 is 2.50 bits per heavy atom. The van der Waals surface area contributed by atoms with Gasteiger partial charge in [-0.2, -0.15) is 0 Å². The maximum atomic E-state index is 11.5. The lowest BCUT2D eigenvalue weighted by molar-refractivity contribution is -0.255. The highest BCUT2D eigenvalue weighted by Gasteiger charge is 2.33. The van der Waals surface area contributed by atoms with Crippen molar-refractivity contribution in [2.45, 2.75) is 63.5 Å². The van der Waals surface area contributed by atoms with E-state index in [2.05, 4.69) is 0 Å². The fourth-order valence-electron chi connectivity index (χ4n) is 3.92. The zero-order valence-electron chi connectivity index (χ0n) is 20.8. The molecule has 0 saturated carbocycles. The van der Waals surface area contributed by atoms with Crippen molar-refractivity contribution >= 4 is 5.97 Å². The third kappa shape index (κ3) is 9.04. The molecule has 0 aliphatic carbocycles. The van der Waals surface area contributed by atoms with Crippen LogP contribution < -0.4 is 4.74 Å². The lowest BCUT2D eigenvalue weighted by Crippen LogP contribution is -2.38. The second-order valence-corrected chi connectivity index (χ2v) is 8.59. The van der Waals surface area contributed by atoms with Crippen LogP contribution in [0.4, 0.5) is 0 Å². The van der Waals surface area contributed by atoms with Gasteiger partial charge in [-0.05, 0) is 37.1 Å². The van der Waals surface area contributed by atoms with Crippen LogP contribution >= 0.6 is 0 Å². The molecule has 0 aromatic heterocycles. The molecule has 8 heteroatoms. The molecular weight excluding hydrogens is 464 g/mol. The number of carbonyl (C=O) groups excluding carboxylic acids is 1. The molecule has 1 saturated heterocycles. The van der Waals surface area contributed by atoms with Gasteiger partial charge in [0.05, 0.1) is 44.7 Å². The lowest BCUT2D eigenvalue weighted by Gasteiger charge is -2.37. The molecule has 1 fully saturated rings. The van der Waals surface area contributed by atoms with E-state index in [-0.39, 0.29) is 25.2 Å². The Kier molecular flexibility index (Phi) is 11.4. The van der Waals surface area contributed by atoms with E-state index >= 15 is 0 Å². The van der Waals surface area contributed by atoms with Gasteiger partial charge in [-0.25, -0.2) is 4.79 Å². The Hall–Kier alpha value is -2.75. The number of aliphatic hydroxyl groups excluding tert-OH is 2. The summed E-state index contributed by atoms with van der Waals surface area (Å²) in [6.45, 7) is 2.92. The Labute approximate surface area is 212 Å². The van der Waals surface area contributed by atoms with Crippen LogP contribution in [-0.4, -0.2) is 60.9 Å². The van der Waals surface area contributed by atoms with E-state index in [9.17, 15) is 15.0 Å². The van der Waals surface area contributed by atoms with Crippen molar-refractivity contribution in [1.82, 2.24) is 0 Å². The van der Waals surface area contributed by atoms with Crippen molar-refractivity contribution in [3.8, 4) is 5.75 Å². The first kappa shape index (κ1) is 27.8. The molecule has 196 valence electrons. The van der Waals surface area contributed by atoms with Gasteiger partial charge in [-0.3, -0.25) is 0 Å². The maximum Gasteiger partial charge on any atom is 0.330 e. The molecule has 2 aromatic carbocycles. The van der Waals surface area contributed by atoms with Crippen LogP contribution in [0.1, 0.15) is 43.6 Å². The first-order chi connectivity index (χ1) is 17.5. The number of rotatable bonds is 13. The fraction of sp³-hybridized carbons (Fsp3) is 0.464. The summed E-state index contributed by atoms with van der Waals surface area (Å²) in [4.78, 5) is 11.5. The molecule has 0 amide bonds. The molecular formula is C28H36O8. The lowest BCUT2D eigenvalue weighted by atomic mass is 9.99. The molecule has 2 N–H and O–H groups in total. The minimum absolute atomic E-state index is 0.149. The summed E-state index contributed by atoms with van der Waals surface area (Å²) in [7, 11) is 1.63. The van der Waals surface area contributed by atoms with Crippen LogP contribution in [0.5, 0.6) is 5.75 Å². The third-order valence-electron chi connectivity index (χ3n) is 5.86. The van der Waals surface area contributed by atoms with E-state index in [1.165, 1.54) is 6.08 Å². The largest absolute Gasteiger partial charge is 0.497 e. The molecule has 3 rings (SSSR count). The molecule has 5 atom stereocenters. The van der Waals surface area contributed by atoms with Crippen LogP contribution in [0, 0.1) is 0 Å². The van der Waals surface area contributed by atoms with E-state index < -0.39 is 24.5 Å². The minimum atomic E-state index is -1.22. The average molecular weight is 501 g/mol. The molecule has 0 spiro atoms. The van der Waals surface area contributed by atoms with Gasteiger partial charge in [0.2, 0.25) is 0 Å². The maximum absolute atomic E-state index is 11.5. The van der Waals surface area contributed by atoms with Crippen molar-refractivity contribution in [3.05, 3.63) is 77.9 Å². The van der Waals surface area contributed by atoms with Crippen LogP contribution in [0.25, 0.3) is 0 Å². The van der Waals surface area contributed by atoms with Crippen LogP contribution in [0.15, 0.2) is 66.7 Å². The van der Waals surface area contributed by atoms with Crippen molar-refractivity contribution < 1.29 is 38.7 Å². The van der Waals surface area contributed by atoms with Gasteiger partial charge >= 0.3 is 5.97 Å². The summed E-state index contributed by atoms with van der Waals surface area (Å²) in [6.07, 6.45) is 0.325. The van der Waals surface area contributed by atoms with Gasteiger partial charge in [0.25, 0.3) is 0 Å². The van der Waals surface area contributed by atoms with Gasteiger partial charge in [0.1, 0.15) is 5.75 Å². The number of ether oxygens (including phenoxy) is 5. The first-order valence-corrected chi connectivity index (χ1v) is 12.3. The van der Waals surface area contributed by atoms with E-state index in [1.54, 1.807) is 14.0 Å². The minimum Gasteiger partial charge on any atom is -0.497 e. The fourth-order valence-corrected chi connectivity index (χ4v) is 3.92. The first-order valence-electron chi connectivity index (χ1n) is 12.3. The Balaban J connectivity index is 1.55. The zero-order chi connectivity index (χ0) is 25.8. The zero-order valence-corrected chi connectivity index (χ0v) is 20.8. The van der Waals surface area contributed by atoms with E-state index in [0.29, 0.717) is 26.1 Å². The summed E-state index contributed by atoms with van der Waals surface area (Å²) >= 11 is 0. The van der Waals surface area contributed by atoms with Crippen LogP contribution in [-0.2, 0) is 30.3 Å². The molecule has 0 unspecified atom stereocenters. The van der Waals surface area contributed by atoms with Crippen molar-refractivity contribution in [2.75, 3.05) is 20.3 Å². The summed E-state index contributed by atoms with van der Waals surface area (Å²) in [6, 6.07) is 17.3. The molecule has 2 aromatic rings. The highest BCUT2D eigenvalue weighted by Crippen LogP contribution is 2.33. The summed E-state index contributed by atoms with van der Waals surface area (Å²) < 4.78 is 28.2. The molecule has 8 nitrogen and oxygen atoms in total. The van der Waals surface area contributed by atoms with Gasteiger partial charge in [-0.15, -0.1) is 0 Å². The predicted molar refractivity (Wildman–Crippen MR) is 133 cm³/mol. The normalized spacial score (nSPS) is 21.7. The van der Waals surface area contributed by atoms with Crippen molar-refractivity contribution in [2.24, 2.45) is 0 Å².